The lowest BCUT2D eigenvalue weighted by Crippen LogP contribution is -2.49. The molecule has 2 aromatic rings. The molecule has 2 amide bonds. The van der Waals surface area contributed by atoms with E-state index in [9.17, 15) is 14.0 Å². The Morgan fingerprint density at radius 3 is 2.42 bits per heavy atom. The molecule has 4 rings (SSSR count). The molecule has 2 bridgehead atoms. The van der Waals surface area contributed by atoms with Gasteiger partial charge < -0.3 is 20.3 Å². The molecule has 0 spiro atoms. The van der Waals surface area contributed by atoms with Crippen molar-refractivity contribution in [3.05, 3.63) is 58.9 Å². The SMILES string of the molecule is COc1cc(C=CC(=O)N2[C@@H]3CC[C@H]2CC(Nc2ccc(F)cc2)C3)c(NC(C)=O)cc1Cl. The second-order valence-corrected chi connectivity index (χ2v) is 8.95. The van der Waals surface area contributed by atoms with E-state index in [1.54, 1.807) is 36.4 Å². The Balaban J connectivity index is 1.46. The van der Waals surface area contributed by atoms with Crippen molar-refractivity contribution in [2.24, 2.45) is 0 Å². The van der Waals surface area contributed by atoms with E-state index in [2.05, 4.69) is 10.6 Å². The van der Waals surface area contributed by atoms with Crippen molar-refractivity contribution in [2.75, 3.05) is 17.7 Å². The molecule has 2 saturated heterocycles. The van der Waals surface area contributed by atoms with Crippen molar-refractivity contribution in [2.45, 2.75) is 50.7 Å². The molecular formula is C25H27ClFN3O3. The predicted molar refractivity (Wildman–Crippen MR) is 128 cm³/mol. The first kappa shape index (κ1) is 23.1. The molecule has 174 valence electrons. The van der Waals surface area contributed by atoms with Crippen LogP contribution in [0.15, 0.2) is 42.5 Å². The van der Waals surface area contributed by atoms with Gasteiger partial charge in [-0.25, -0.2) is 4.39 Å². The Kier molecular flexibility index (Phi) is 6.88. The Hall–Kier alpha value is -3.06. The van der Waals surface area contributed by atoms with Crippen LogP contribution in [-0.2, 0) is 9.59 Å². The molecule has 0 aromatic heterocycles. The minimum Gasteiger partial charge on any atom is -0.495 e. The number of piperidine rings is 1. The number of carbonyl (C=O) groups excluding carboxylic acids is 2. The molecule has 2 aliphatic rings. The van der Waals surface area contributed by atoms with E-state index in [0.717, 1.165) is 31.4 Å². The normalized spacial score (nSPS) is 21.8. The zero-order valence-corrected chi connectivity index (χ0v) is 19.4. The van der Waals surface area contributed by atoms with Crippen molar-refractivity contribution in [3.8, 4) is 5.75 Å². The average Bonchev–Trinajstić information content (AvgIpc) is 3.04. The number of hydrogen-bond acceptors (Lipinski definition) is 4. The summed E-state index contributed by atoms with van der Waals surface area (Å²) in [6.07, 6.45) is 6.87. The van der Waals surface area contributed by atoms with E-state index in [4.69, 9.17) is 16.3 Å². The standard InChI is InChI=1S/C25H27ClFN3O3/c1-15(31)28-23-14-22(26)24(33-2)11-16(23)3-10-25(32)30-20-8-9-21(30)13-19(12-20)29-18-6-4-17(27)5-7-18/h3-7,10-11,14,19-21,29H,8-9,12-13H2,1-2H3,(H,28,31)/t19?,20-,21+. The van der Waals surface area contributed by atoms with Gasteiger partial charge in [-0.05, 0) is 68.2 Å². The number of carbonyl (C=O) groups is 2. The maximum atomic E-state index is 13.2. The number of halogens is 2. The molecule has 0 aliphatic carbocycles. The summed E-state index contributed by atoms with van der Waals surface area (Å²) in [5, 5.41) is 6.60. The molecule has 8 heteroatoms. The number of hydrogen-bond donors (Lipinski definition) is 2. The van der Waals surface area contributed by atoms with Gasteiger partial charge >= 0.3 is 0 Å². The van der Waals surface area contributed by atoms with Crippen molar-refractivity contribution >= 4 is 40.9 Å². The largest absolute Gasteiger partial charge is 0.495 e. The maximum Gasteiger partial charge on any atom is 0.247 e. The molecule has 2 fully saturated rings. The fourth-order valence-corrected chi connectivity index (χ4v) is 5.09. The quantitative estimate of drug-likeness (QED) is 0.575. The lowest BCUT2D eigenvalue weighted by molar-refractivity contribution is -0.130. The average molecular weight is 472 g/mol. The third kappa shape index (κ3) is 5.30. The van der Waals surface area contributed by atoms with E-state index >= 15 is 0 Å². The maximum absolute atomic E-state index is 13.2. The smallest absolute Gasteiger partial charge is 0.247 e. The van der Waals surface area contributed by atoms with Gasteiger partial charge in [0.05, 0.1) is 12.1 Å². The number of benzene rings is 2. The zero-order valence-electron chi connectivity index (χ0n) is 18.6. The third-order valence-electron chi connectivity index (χ3n) is 6.24. The molecule has 1 unspecified atom stereocenters. The van der Waals surface area contributed by atoms with Gasteiger partial charge in [-0.15, -0.1) is 0 Å². The van der Waals surface area contributed by atoms with Crippen LogP contribution in [0.2, 0.25) is 5.02 Å². The highest BCUT2D eigenvalue weighted by molar-refractivity contribution is 6.32. The van der Waals surface area contributed by atoms with Crippen LogP contribution in [0.1, 0.15) is 38.2 Å². The highest BCUT2D eigenvalue weighted by atomic mass is 35.5. The van der Waals surface area contributed by atoms with Crippen LogP contribution in [0.3, 0.4) is 0 Å². The second-order valence-electron chi connectivity index (χ2n) is 8.54. The Morgan fingerprint density at radius 2 is 1.82 bits per heavy atom. The van der Waals surface area contributed by atoms with E-state index < -0.39 is 0 Å². The lowest BCUT2D eigenvalue weighted by Gasteiger charge is -2.39. The minimum absolute atomic E-state index is 0.0505. The van der Waals surface area contributed by atoms with Crippen LogP contribution in [-0.4, -0.2) is 41.9 Å². The van der Waals surface area contributed by atoms with Gasteiger partial charge in [-0.1, -0.05) is 11.6 Å². The summed E-state index contributed by atoms with van der Waals surface area (Å²) in [4.78, 5) is 26.7. The Bertz CT molecular complexity index is 1060. The first-order valence-corrected chi connectivity index (χ1v) is 11.4. The number of nitrogens with zero attached hydrogens (tertiary/aromatic N) is 1. The van der Waals surface area contributed by atoms with Crippen LogP contribution < -0.4 is 15.4 Å². The Labute approximate surface area is 197 Å². The molecule has 3 atom stereocenters. The number of nitrogens with one attached hydrogen (secondary N) is 2. The van der Waals surface area contributed by atoms with Crippen LogP contribution in [0.5, 0.6) is 5.75 Å². The first-order valence-electron chi connectivity index (χ1n) is 11.0. The number of rotatable bonds is 6. The van der Waals surface area contributed by atoms with Crippen LogP contribution in [0.4, 0.5) is 15.8 Å². The van der Waals surface area contributed by atoms with Gasteiger partial charge in [-0.3, -0.25) is 9.59 Å². The molecule has 0 radical (unpaired) electrons. The second kappa shape index (κ2) is 9.83. The summed E-state index contributed by atoms with van der Waals surface area (Å²) in [6.45, 7) is 1.42. The first-order chi connectivity index (χ1) is 15.8. The van der Waals surface area contributed by atoms with Crippen molar-refractivity contribution in [1.82, 2.24) is 4.90 Å². The Morgan fingerprint density at radius 1 is 1.15 bits per heavy atom. The number of amides is 2. The van der Waals surface area contributed by atoms with Crippen LogP contribution in [0, 0.1) is 5.82 Å². The molecule has 6 nitrogen and oxygen atoms in total. The zero-order chi connectivity index (χ0) is 23.5. The molecule has 2 N–H and O–H groups in total. The summed E-state index contributed by atoms with van der Waals surface area (Å²) in [5.74, 6) is -0.0742. The molecule has 33 heavy (non-hydrogen) atoms. The molecule has 2 aliphatic heterocycles. The molecule has 0 saturated carbocycles. The van der Waals surface area contributed by atoms with E-state index in [1.165, 1.54) is 26.2 Å². The summed E-state index contributed by atoms with van der Waals surface area (Å²) in [7, 11) is 1.51. The highest BCUT2D eigenvalue weighted by Crippen LogP contribution is 2.37. The third-order valence-corrected chi connectivity index (χ3v) is 6.54. The van der Waals surface area contributed by atoms with Gasteiger partial charge in [-0.2, -0.15) is 0 Å². The van der Waals surface area contributed by atoms with Gasteiger partial charge in [0.15, 0.2) is 0 Å². The van der Waals surface area contributed by atoms with Crippen LogP contribution >= 0.6 is 11.6 Å². The number of anilines is 2. The molecule has 2 aromatic carbocycles. The lowest BCUT2D eigenvalue weighted by atomic mass is 9.96. The fraction of sp³-hybridized carbons (Fsp3) is 0.360. The van der Waals surface area contributed by atoms with E-state index in [1.807, 2.05) is 4.90 Å². The monoisotopic (exact) mass is 471 g/mol. The topological polar surface area (TPSA) is 70.7 Å². The number of ether oxygens (including phenoxy) is 1. The van der Waals surface area contributed by atoms with Gasteiger partial charge in [0.1, 0.15) is 11.6 Å². The summed E-state index contributed by atoms with van der Waals surface area (Å²) >= 11 is 6.20. The van der Waals surface area contributed by atoms with E-state index in [-0.39, 0.29) is 35.8 Å². The highest BCUT2D eigenvalue weighted by Gasteiger charge is 2.42. The summed E-state index contributed by atoms with van der Waals surface area (Å²) in [6, 6.07) is 10.3. The van der Waals surface area contributed by atoms with Gasteiger partial charge in [0, 0.05) is 48.1 Å². The number of fused-ring (bicyclic) bond motifs is 2. The van der Waals surface area contributed by atoms with Gasteiger partial charge in [0.2, 0.25) is 11.8 Å². The van der Waals surface area contributed by atoms with Crippen molar-refractivity contribution in [3.63, 3.8) is 0 Å². The molecular weight excluding hydrogens is 445 g/mol. The summed E-state index contributed by atoms with van der Waals surface area (Å²) < 4.78 is 18.4. The van der Waals surface area contributed by atoms with Gasteiger partial charge in [0.25, 0.3) is 0 Å². The van der Waals surface area contributed by atoms with Crippen LogP contribution in [0.25, 0.3) is 6.08 Å². The molecule has 2 heterocycles. The fourth-order valence-electron chi connectivity index (χ4n) is 4.85. The van der Waals surface area contributed by atoms with E-state index in [0.29, 0.717) is 22.0 Å². The van der Waals surface area contributed by atoms with Crippen molar-refractivity contribution < 1.29 is 18.7 Å². The number of methoxy groups -OCH3 is 1. The minimum atomic E-state index is -0.257. The summed E-state index contributed by atoms with van der Waals surface area (Å²) in [5.41, 5.74) is 2.05. The predicted octanol–water partition coefficient (Wildman–Crippen LogP) is 5.09. The van der Waals surface area contributed by atoms with Crippen molar-refractivity contribution in [1.29, 1.82) is 0 Å².